The molecule has 0 spiro atoms. The lowest BCUT2D eigenvalue weighted by Crippen LogP contribution is -1.82. The highest BCUT2D eigenvalue weighted by atomic mass is 14.9. The molecule has 0 aromatic heterocycles. The van der Waals surface area contributed by atoms with Crippen LogP contribution in [0.2, 0.25) is 0 Å². The molecule has 0 aliphatic heterocycles. The number of nitrogens with zero attached hydrogens (tertiary/aromatic N) is 2. The minimum Gasteiger partial charge on any atom is -0.242 e. The second-order valence-electron chi connectivity index (χ2n) is 1.96. The zero-order chi connectivity index (χ0) is 8.53. The van der Waals surface area contributed by atoms with E-state index in [0.717, 1.165) is 5.84 Å². The number of aliphatic imine (C=N–C) groups is 2. The van der Waals surface area contributed by atoms with Gasteiger partial charge in [0.25, 0.3) is 0 Å². The lowest BCUT2D eigenvalue weighted by molar-refractivity contribution is 1.45. The lowest BCUT2D eigenvalue weighted by atomic mass is 10.5. The predicted molar refractivity (Wildman–Crippen MR) is 51.2 cm³/mol. The molecule has 0 saturated heterocycles. The normalized spacial score (nSPS) is 14.3. The zero-order valence-corrected chi connectivity index (χ0v) is 7.28. The molecule has 60 valence electrons. The molecule has 0 rings (SSSR count). The fourth-order valence-corrected chi connectivity index (χ4v) is 0.453. The Morgan fingerprint density at radius 2 is 1.91 bits per heavy atom. The Labute approximate surface area is 68.1 Å². The maximum atomic E-state index is 4.04. The topological polar surface area (TPSA) is 24.7 Å². The first-order valence-corrected chi connectivity index (χ1v) is 3.62. The molecule has 0 fully saturated rings. The van der Waals surface area contributed by atoms with Crippen molar-refractivity contribution in [1.29, 1.82) is 0 Å². The molecule has 0 aliphatic carbocycles. The quantitative estimate of drug-likeness (QED) is 0.427. The number of hydrogen-bond donors (Lipinski definition) is 0. The summed E-state index contributed by atoms with van der Waals surface area (Å²) in [7, 11) is 0. The van der Waals surface area contributed by atoms with Gasteiger partial charge in [-0.2, -0.15) is 0 Å². The monoisotopic (exact) mass is 150 g/mol. The Balaban J connectivity index is 3.94. The summed E-state index contributed by atoms with van der Waals surface area (Å²) in [5.41, 5.74) is 0. The van der Waals surface area contributed by atoms with Gasteiger partial charge in [-0.3, -0.25) is 0 Å². The van der Waals surface area contributed by atoms with Crippen LogP contribution in [0.1, 0.15) is 20.8 Å². The number of hydrogen-bond acceptors (Lipinski definition) is 1. The van der Waals surface area contributed by atoms with Crippen molar-refractivity contribution in [3.8, 4) is 0 Å². The third-order valence-corrected chi connectivity index (χ3v) is 0.950. The van der Waals surface area contributed by atoms with Crippen LogP contribution in [0.5, 0.6) is 0 Å². The second-order valence-corrected chi connectivity index (χ2v) is 1.96. The van der Waals surface area contributed by atoms with Crippen molar-refractivity contribution in [3.05, 3.63) is 24.4 Å². The number of amidine groups is 1. The molecule has 0 N–H and O–H groups in total. The molecule has 0 amide bonds. The van der Waals surface area contributed by atoms with Crippen molar-refractivity contribution in [2.45, 2.75) is 20.8 Å². The lowest BCUT2D eigenvalue weighted by Gasteiger charge is -1.84. The van der Waals surface area contributed by atoms with Gasteiger partial charge in [0.2, 0.25) is 0 Å². The third-order valence-electron chi connectivity index (χ3n) is 0.950. The smallest absolute Gasteiger partial charge is 0.125 e. The zero-order valence-electron chi connectivity index (χ0n) is 7.28. The van der Waals surface area contributed by atoms with Crippen LogP contribution in [-0.2, 0) is 0 Å². The molecule has 0 radical (unpaired) electrons. The van der Waals surface area contributed by atoms with E-state index in [2.05, 4.69) is 9.98 Å². The van der Waals surface area contributed by atoms with Gasteiger partial charge < -0.3 is 0 Å². The van der Waals surface area contributed by atoms with Crippen molar-refractivity contribution < 1.29 is 0 Å². The first-order chi connectivity index (χ1) is 5.31. The average Bonchev–Trinajstić information content (AvgIpc) is 2.01. The van der Waals surface area contributed by atoms with Crippen molar-refractivity contribution in [3.63, 3.8) is 0 Å². The van der Waals surface area contributed by atoms with Gasteiger partial charge in [-0.15, -0.1) is 0 Å². The second kappa shape index (κ2) is 6.93. The highest BCUT2D eigenvalue weighted by Gasteiger charge is 1.76. The van der Waals surface area contributed by atoms with Crippen LogP contribution in [0, 0.1) is 0 Å². The molecule has 2 nitrogen and oxygen atoms in total. The van der Waals surface area contributed by atoms with E-state index in [1.807, 2.05) is 39.0 Å². The van der Waals surface area contributed by atoms with Crippen LogP contribution in [0.3, 0.4) is 0 Å². The summed E-state index contributed by atoms with van der Waals surface area (Å²) in [5.74, 6) is 0.765. The molecule has 0 bridgehead atoms. The van der Waals surface area contributed by atoms with Gasteiger partial charge in [0.05, 0.1) is 0 Å². The highest BCUT2D eigenvalue weighted by Crippen LogP contribution is 1.81. The van der Waals surface area contributed by atoms with Gasteiger partial charge in [0.1, 0.15) is 5.84 Å². The highest BCUT2D eigenvalue weighted by molar-refractivity contribution is 5.90. The Kier molecular flexibility index (Phi) is 6.19. The van der Waals surface area contributed by atoms with Crippen LogP contribution in [0.4, 0.5) is 0 Å². The van der Waals surface area contributed by atoms with Gasteiger partial charge in [-0.05, 0) is 26.8 Å². The molecular formula is C9H14N2. The van der Waals surface area contributed by atoms with Gasteiger partial charge in [-0.25, -0.2) is 9.98 Å². The van der Waals surface area contributed by atoms with Crippen molar-refractivity contribution in [2.75, 3.05) is 0 Å². The SMILES string of the molecule is C/C=C\C=NC(C)=N/C=C\C. The van der Waals surface area contributed by atoms with Gasteiger partial charge in [0, 0.05) is 12.4 Å². The van der Waals surface area contributed by atoms with E-state index >= 15 is 0 Å². The summed E-state index contributed by atoms with van der Waals surface area (Å²) in [5, 5.41) is 0. The van der Waals surface area contributed by atoms with Crippen molar-refractivity contribution >= 4 is 12.1 Å². The molecule has 0 heterocycles. The van der Waals surface area contributed by atoms with Gasteiger partial charge >= 0.3 is 0 Å². The Morgan fingerprint density at radius 1 is 1.18 bits per heavy atom. The Morgan fingerprint density at radius 3 is 2.45 bits per heavy atom. The van der Waals surface area contributed by atoms with E-state index in [9.17, 15) is 0 Å². The maximum Gasteiger partial charge on any atom is 0.125 e. The summed E-state index contributed by atoms with van der Waals surface area (Å²) < 4.78 is 0. The molecule has 2 heteroatoms. The third kappa shape index (κ3) is 6.71. The summed E-state index contributed by atoms with van der Waals surface area (Å²) in [6, 6.07) is 0. The largest absolute Gasteiger partial charge is 0.242 e. The molecule has 0 aliphatic rings. The van der Waals surface area contributed by atoms with Crippen LogP contribution >= 0.6 is 0 Å². The van der Waals surface area contributed by atoms with E-state index < -0.39 is 0 Å². The van der Waals surface area contributed by atoms with Crippen LogP contribution in [0.25, 0.3) is 0 Å². The first-order valence-electron chi connectivity index (χ1n) is 3.62. The fraction of sp³-hybridized carbons (Fsp3) is 0.333. The minimum absolute atomic E-state index is 0.765. The molecule has 0 aromatic carbocycles. The molecule has 0 aromatic rings. The van der Waals surface area contributed by atoms with E-state index in [4.69, 9.17) is 0 Å². The summed E-state index contributed by atoms with van der Waals surface area (Å²) in [4.78, 5) is 8.06. The van der Waals surface area contributed by atoms with Gasteiger partial charge in [0.15, 0.2) is 0 Å². The van der Waals surface area contributed by atoms with Crippen LogP contribution < -0.4 is 0 Å². The summed E-state index contributed by atoms with van der Waals surface area (Å²) >= 11 is 0. The van der Waals surface area contributed by atoms with Crippen molar-refractivity contribution in [1.82, 2.24) is 0 Å². The minimum atomic E-state index is 0.765. The van der Waals surface area contributed by atoms with Crippen molar-refractivity contribution in [2.24, 2.45) is 9.98 Å². The van der Waals surface area contributed by atoms with Crippen LogP contribution in [-0.4, -0.2) is 12.1 Å². The molecule has 0 unspecified atom stereocenters. The van der Waals surface area contributed by atoms with Crippen LogP contribution in [0.15, 0.2) is 34.4 Å². The van der Waals surface area contributed by atoms with E-state index in [-0.39, 0.29) is 0 Å². The van der Waals surface area contributed by atoms with E-state index in [1.54, 1.807) is 12.4 Å². The number of rotatable bonds is 2. The molecular weight excluding hydrogens is 136 g/mol. The number of allylic oxidation sites excluding steroid dienone is 3. The maximum absolute atomic E-state index is 4.04. The Bertz CT molecular complexity index is 198. The molecule has 11 heavy (non-hydrogen) atoms. The predicted octanol–water partition coefficient (Wildman–Crippen LogP) is 2.59. The Hall–Kier alpha value is -1.18. The van der Waals surface area contributed by atoms with E-state index in [0.29, 0.717) is 0 Å². The molecule has 0 atom stereocenters. The fourth-order valence-electron chi connectivity index (χ4n) is 0.453. The first kappa shape index (κ1) is 9.82. The molecule has 0 saturated carbocycles. The standard InChI is InChI=1S/C9H14N2/c1-4-6-8-11-9(3)10-7-5-2/h4-8H,1-3H3/b6-4-,7-5-,10-9?,11-8?. The average molecular weight is 150 g/mol. The van der Waals surface area contributed by atoms with E-state index in [1.165, 1.54) is 0 Å². The summed E-state index contributed by atoms with van der Waals surface area (Å²) in [6.45, 7) is 5.73. The van der Waals surface area contributed by atoms with Gasteiger partial charge in [-0.1, -0.05) is 12.2 Å². The summed E-state index contributed by atoms with van der Waals surface area (Å²) in [6.07, 6.45) is 9.11.